The number of carboxylic acids is 1. The first kappa shape index (κ1) is 12.0. The Morgan fingerprint density at radius 3 is 2.94 bits per heavy atom. The lowest BCUT2D eigenvalue weighted by Gasteiger charge is -2.17. The average Bonchev–Trinajstić information content (AvgIpc) is 2.81. The second kappa shape index (κ2) is 4.84. The lowest BCUT2D eigenvalue weighted by molar-refractivity contribution is -0.138. The summed E-state index contributed by atoms with van der Waals surface area (Å²) >= 11 is 0. The summed E-state index contributed by atoms with van der Waals surface area (Å²) in [7, 11) is 0. The monoisotopic (exact) mass is 238 g/mol. The number of rotatable bonds is 3. The van der Waals surface area contributed by atoms with E-state index in [9.17, 15) is 9.18 Å². The van der Waals surface area contributed by atoms with Gasteiger partial charge in [-0.05, 0) is 43.0 Å². The molecule has 0 radical (unpaired) electrons. The number of hydrogen-bond acceptors (Lipinski definition) is 2. The van der Waals surface area contributed by atoms with Gasteiger partial charge in [-0.15, -0.1) is 0 Å². The van der Waals surface area contributed by atoms with Crippen LogP contribution in [0.25, 0.3) is 0 Å². The number of halogens is 1. The predicted octanol–water partition coefficient (Wildman–Crippen LogP) is 2.87. The molecule has 2 unspecified atom stereocenters. The molecule has 1 aliphatic rings. The van der Waals surface area contributed by atoms with Crippen LogP contribution >= 0.6 is 0 Å². The molecular formula is C13H15FO3. The minimum atomic E-state index is -0.949. The molecule has 1 fully saturated rings. The fourth-order valence-corrected chi connectivity index (χ4v) is 2.17. The number of benzene rings is 1. The summed E-state index contributed by atoms with van der Waals surface area (Å²) in [5.74, 6) is -2.07. The van der Waals surface area contributed by atoms with Gasteiger partial charge in [0.05, 0.1) is 12.0 Å². The highest BCUT2D eigenvalue weighted by Gasteiger charge is 2.25. The second-order valence-electron chi connectivity index (χ2n) is 4.33. The van der Waals surface area contributed by atoms with Crippen LogP contribution in [0.4, 0.5) is 4.39 Å². The van der Waals surface area contributed by atoms with Crippen molar-refractivity contribution in [3.8, 4) is 0 Å². The van der Waals surface area contributed by atoms with Crippen LogP contribution in [0.3, 0.4) is 0 Å². The first-order chi connectivity index (χ1) is 8.09. The van der Waals surface area contributed by atoms with E-state index in [1.54, 1.807) is 13.0 Å². The van der Waals surface area contributed by atoms with Crippen LogP contribution in [0.1, 0.15) is 42.9 Å². The zero-order valence-electron chi connectivity index (χ0n) is 9.65. The van der Waals surface area contributed by atoms with Gasteiger partial charge >= 0.3 is 5.97 Å². The Kier molecular flexibility index (Phi) is 3.43. The highest BCUT2D eigenvalue weighted by molar-refractivity contribution is 5.76. The number of aliphatic carboxylic acids is 1. The molecule has 2 atom stereocenters. The van der Waals surface area contributed by atoms with Gasteiger partial charge in [0.25, 0.3) is 0 Å². The van der Waals surface area contributed by atoms with E-state index < -0.39 is 17.7 Å². The van der Waals surface area contributed by atoms with Crippen molar-refractivity contribution in [2.75, 3.05) is 6.61 Å². The van der Waals surface area contributed by atoms with Crippen LogP contribution < -0.4 is 0 Å². The van der Waals surface area contributed by atoms with E-state index in [1.807, 2.05) is 0 Å². The third kappa shape index (κ3) is 2.47. The van der Waals surface area contributed by atoms with Crippen molar-refractivity contribution >= 4 is 5.97 Å². The maximum absolute atomic E-state index is 13.2. The Morgan fingerprint density at radius 1 is 1.59 bits per heavy atom. The van der Waals surface area contributed by atoms with Crippen LogP contribution in [-0.4, -0.2) is 17.7 Å². The summed E-state index contributed by atoms with van der Waals surface area (Å²) in [6, 6.07) is 4.30. The van der Waals surface area contributed by atoms with Crippen molar-refractivity contribution in [2.45, 2.75) is 31.8 Å². The molecule has 0 aromatic heterocycles. The van der Waals surface area contributed by atoms with Gasteiger partial charge in [-0.25, -0.2) is 4.39 Å². The van der Waals surface area contributed by atoms with Gasteiger partial charge in [-0.2, -0.15) is 0 Å². The summed E-state index contributed by atoms with van der Waals surface area (Å²) in [6.07, 6.45) is 1.74. The number of ether oxygens (including phenoxy) is 1. The molecule has 1 heterocycles. The molecular weight excluding hydrogens is 223 g/mol. The highest BCUT2D eigenvalue weighted by Crippen LogP contribution is 2.34. The average molecular weight is 238 g/mol. The van der Waals surface area contributed by atoms with Gasteiger partial charge in [-0.1, -0.05) is 6.07 Å². The molecule has 0 saturated carbocycles. The number of carbonyl (C=O) groups is 1. The van der Waals surface area contributed by atoms with E-state index in [2.05, 4.69) is 0 Å². The van der Waals surface area contributed by atoms with Gasteiger partial charge in [0.15, 0.2) is 0 Å². The highest BCUT2D eigenvalue weighted by atomic mass is 19.1. The lowest BCUT2D eigenvalue weighted by atomic mass is 9.92. The Bertz CT molecular complexity index is 425. The van der Waals surface area contributed by atoms with E-state index >= 15 is 0 Å². The first-order valence-corrected chi connectivity index (χ1v) is 5.73. The van der Waals surface area contributed by atoms with Crippen molar-refractivity contribution in [3.63, 3.8) is 0 Å². The van der Waals surface area contributed by atoms with E-state index in [4.69, 9.17) is 9.84 Å². The number of hydrogen-bond donors (Lipinski definition) is 1. The van der Waals surface area contributed by atoms with Crippen LogP contribution in [0, 0.1) is 5.82 Å². The normalized spacial score (nSPS) is 21.4. The fraction of sp³-hybridized carbons (Fsp3) is 0.462. The summed E-state index contributed by atoms with van der Waals surface area (Å²) in [6.45, 7) is 2.25. The Hall–Kier alpha value is -1.42. The van der Waals surface area contributed by atoms with Crippen LogP contribution in [-0.2, 0) is 9.53 Å². The maximum Gasteiger partial charge on any atom is 0.310 e. The Labute approximate surface area is 99.2 Å². The Morgan fingerprint density at radius 2 is 2.35 bits per heavy atom. The molecule has 0 aliphatic carbocycles. The molecule has 0 amide bonds. The van der Waals surface area contributed by atoms with Gasteiger partial charge in [0, 0.05) is 6.61 Å². The molecule has 17 heavy (non-hydrogen) atoms. The minimum absolute atomic E-state index is 0.0904. The van der Waals surface area contributed by atoms with Crippen molar-refractivity contribution < 1.29 is 19.0 Å². The van der Waals surface area contributed by atoms with E-state index in [-0.39, 0.29) is 6.10 Å². The van der Waals surface area contributed by atoms with Crippen LogP contribution in [0.2, 0.25) is 0 Å². The largest absolute Gasteiger partial charge is 0.481 e. The van der Waals surface area contributed by atoms with Gasteiger partial charge in [-0.3, -0.25) is 4.79 Å². The second-order valence-corrected chi connectivity index (χ2v) is 4.33. The summed E-state index contributed by atoms with van der Waals surface area (Å²) in [5.41, 5.74) is 1.32. The SMILES string of the molecule is CC(C(=O)O)c1cc(F)ccc1C1CCCO1. The summed E-state index contributed by atoms with van der Waals surface area (Å²) in [4.78, 5) is 11.0. The summed E-state index contributed by atoms with van der Waals surface area (Å²) < 4.78 is 18.8. The summed E-state index contributed by atoms with van der Waals surface area (Å²) in [5, 5.41) is 9.03. The van der Waals surface area contributed by atoms with Crippen molar-refractivity contribution in [1.82, 2.24) is 0 Å². The molecule has 0 bridgehead atoms. The molecule has 1 N–H and O–H groups in total. The molecule has 92 valence electrons. The van der Waals surface area contributed by atoms with Gasteiger partial charge in [0.1, 0.15) is 5.82 Å². The number of carboxylic acid groups (broad SMARTS) is 1. The molecule has 1 aliphatic heterocycles. The maximum atomic E-state index is 13.2. The van der Waals surface area contributed by atoms with Gasteiger partial charge < -0.3 is 9.84 Å². The molecule has 0 spiro atoms. The topological polar surface area (TPSA) is 46.5 Å². The molecule has 3 nitrogen and oxygen atoms in total. The third-order valence-corrected chi connectivity index (χ3v) is 3.16. The van der Waals surface area contributed by atoms with Gasteiger partial charge in [0.2, 0.25) is 0 Å². The molecule has 4 heteroatoms. The zero-order chi connectivity index (χ0) is 12.4. The standard InChI is InChI=1S/C13H15FO3/c1-8(13(15)16)11-7-9(14)4-5-10(11)12-3-2-6-17-12/h4-5,7-8,12H,2-3,6H2,1H3,(H,15,16). The minimum Gasteiger partial charge on any atom is -0.481 e. The molecule has 1 aromatic rings. The van der Waals surface area contributed by atoms with Crippen molar-refractivity contribution in [3.05, 3.63) is 35.1 Å². The molecule has 1 aromatic carbocycles. The van der Waals surface area contributed by atoms with Crippen LogP contribution in [0.15, 0.2) is 18.2 Å². The van der Waals surface area contributed by atoms with Crippen molar-refractivity contribution in [1.29, 1.82) is 0 Å². The zero-order valence-corrected chi connectivity index (χ0v) is 9.65. The van der Waals surface area contributed by atoms with Crippen LogP contribution in [0.5, 0.6) is 0 Å². The lowest BCUT2D eigenvalue weighted by Crippen LogP contribution is -2.12. The first-order valence-electron chi connectivity index (χ1n) is 5.73. The third-order valence-electron chi connectivity index (χ3n) is 3.16. The molecule has 2 rings (SSSR count). The van der Waals surface area contributed by atoms with Crippen molar-refractivity contribution in [2.24, 2.45) is 0 Å². The molecule has 1 saturated heterocycles. The van der Waals surface area contributed by atoms with E-state index in [1.165, 1.54) is 12.1 Å². The van der Waals surface area contributed by atoms with E-state index in [0.717, 1.165) is 18.4 Å². The Balaban J connectivity index is 2.39. The predicted molar refractivity (Wildman–Crippen MR) is 60.4 cm³/mol. The van der Waals surface area contributed by atoms with E-state index in [0.29, 0.717) is 12.2 Å². The smallest absolute Gasteiger partial charge is 0.310 e. The quantitative estimate of drug-likeness (QED) is 0.880. The fourth-order valence-electron chi connectivity index (χ4n) is 2.17.